The first-order chi connectivity index (χ1) is 8.76. The molecule has 5 heteroatoms. The van der Waals surface area contributed by atoms with Crippen LogP contribution in [0.5, 0.6) is 0 Å². The minimum atomic E-state index is -3.52. The molecule has 1 aromatic rings. The lowest BCUT2D eigenvalue weighted by atomic mass is 10.1. The molecule has 0 aromatic heterocycles. The SMILES string of the molecule is Cc1cc(C#N)ccc1S(=O)(=O)NC(C)CC(C)C. The predicted octanol–water partition coefficient (Wildman–Crippen LogP) is 2.58. The monoisotopic (exact) mass is 280 g/mol. The largest absolute Gasteiger partial charge is 0.241 e. The van der Waals surface area contributed by atoms with Crippen molar-refractivity contribution in [1.29, 1.82) is 5.26 Å². The molecule has 1 N–H and O–H groups in total. The number of hydrogen-bond donors (Lipinski definition) is 1. The van der Waals surface area contributed by atoms with Crippen LogP contribution in [-0.2, 0) is 10.0 Å². The Morgan fingerprint density at radius 1 is 1.32 bits per heavy atom. The summed E-state index contributed by atoms with van der Waals surface area (Å²) in [6.45, 7) is 7.66. The maximum absolute atomic E-state index is 12.3. The van der Waals surface area contributed by atoms with Crippen molar-refractivity contribution >= 4 is 10.0 Å². The fourth-order valence-corrected chi connectivity index (χ4v) is 3.59. The second kappa shape index (κ2) is 6.18. The second-order valence-electron chi connectivity index (χ2n) is 5.24. The summed E-state index contributed by atoms with van der Waals surface area (Å²) in [5, 5.41) is 8.79. The fourth-order valence-electron chi connectivity index (χ4n) is 2.10. The molecule has 0 saturated heterocycles. The number of aryl methyl sites for hydroxylation is 1. The standard InChI is InChI=1S/C14H20N2O2S/c1-10(2)7-12(4)16-19(17,18)14-6-5-13(9-15)8-11(14)3/h5-6,8,10,12,16H,7H2,1-4H3. The molecule has 0 saturated carbocycles. The molecule has 104 valence electrons. The first-order valence-electron chi connectivity index (χ1n) is 6.29. The van der Waals surface area contributed by atoms with Crippen LogP contribution in [0.3, 0.4) is 0 Å². The average molecular weight is 280 g/mol. The zero-order valence-corrected chi connectivity index (χ0v) is 12.6. The second-order valence-corrected chi connectivity index (χ2v) is 6.93. The summed E-state index contributed by atoms with van der Waals surface area (Å²) in [6, 6.07) is 6.48. The molecule has 0 fully saturated rings. The maximum atomic E-state index is 12.3. The first-order valence-corrected chi connectivity index (χ1v) is 7.77. The van der Waals surface area contributed by atoms with E-state index in [0.717, 1.165) is 6.42 Å². The highest BCUT2D eigenvalue weighted by Gasteiger charge is 2.20. The molecule has 1 unspecified atom stereocenters. The first kappa shape index (κ1) is 15.7. The van der Waals surface area contributed by atoms with Gasteiger partial charge in [-0.15, -0.1) is 0 Å². The molecule has 0 aliphatic carbocycles. The molecule has 1 rings (SSSR count). The van der Waals surface area contributed by atoms with E-state index < -0.39 is 10.0 Å². The van der Waals surface area contributed by atoms with Crippen molar-refractivity contribution in [2.45, 2.75) is 45.1 Å². The van der Waals surface area contributed by atoms with E-state index in [1.807, 2.05) is 13.0 Å². The van der Waals surface area contributed by atoms with Crippen LogP contribution in [-0.4, -0.2) is 14.5 Å². The third-order valence-corrected chi connectivity index (χ3v) is 4.52. The smallest absolute Gasteiger partial charge is 0.208 e. The van der Waals surface area contributed by atoms with E-state index in [0.29, 0.717) is 17.0 Å². The van der Waals surface area contributed by atoms with E-state index in [1.54, 1.807) is 13.0 Å². The molecular weight excluding hydrogens is 260 g/mol. The molecule has 19 heavy (non-hydrogen) atoms. The molecule has 1 aromatic carbocycles. The molecule has 0 aliphatic rings. The highest BCUT2D eigenvalue weighted by atomic mass is 32.2. The van der Waals surface area contributed by atoms with E-state index in [-0.39, 0.29) is 10.9 Å². The van der Waals surface area contributed by atoms with Gasteiger partial charge in [-0.25, -0.2) is 13.1 Å². The van der Waals surface area contributed by atoms with Crippen molar-refractivity contribution in [3.8, 4) is 6.07 Å². The molecule has 0 amide bonds. The minimum Gasteiger partial charge on any atom is -0.208 e. The summed E-state index contributed by atoms with van der Waals surface area (Å²) in [5.41, 5.74) is 1.05. The Morgan fingerprint density at radius 3 is 2.42 bits per heavy atom. The van der Waals surface area contributed by atoms with Crippen LogP contribution in [0.4, 0.5) is 0 Å². The summed E-state index contributed by atoms with van der Waals surface area (Å²) >= 11 is 0. The highest BCUT2D eigenvalue weighted by molar-refractivity contribution is 7.89. The van der Waals surface area contributed by atoms with E-state index in [4.69, 9.17) is 5.26 Å². The molecule has 1 atom stereocenters. The minimum absolute atomic E-state index is 0.111. The van der Waals surface area contributed by atoms with Gasteiger partial charge in [0.05, 0.1) is 16.5 Å². The topological polar surface area (TPSA) is 70.0 Å². The summed E-state index contributed by atoms with van der Waals surface area (Å²) in [5.74, 6) is 0.430. The van der Waals surface area contributed by atoms with Crippen molar-refractivity contribution < 1.29 is 8.42 Å². The summed E-state index contributed by atoms with van der Waals surface area (Å²) in [4.78, 5) is 0.238. The third-order valence-electron chi connectivity index (χ3n) is 2.77. The van der Waals surface area contributed by atoms with Gasteiger partial charge in [0, 0.05) is 6.04 Å². The van der Waals surface area contributed by atoms with Crippen LogP contribution in [0.25, 0.3) is 0 Å². The Hall–Kier alpha value is -1.38. The molecule has 0 bridgehead atoms. The molecule has 0 heterocycles. The number of nitrogens with one attached hydrogen (secondary N) is 1. The molecule has 4 nitrogen and oxygen atoms in total. The van der Waals surface area contributed by atoms with Gasteiger partial charge in [-0.05, 0) is 49.9 Å². The van der Waals surface area contributed by atoms with Gasteiger partial charge < -0.3 is 0 Å². The van der Waals surface area contributed by atoms with E-state index in [9.17, 15) is 8.42 Å². The predicted molar refractivity (Wildman–Crippen MR) is 75.1 cm³/mol. The number of hydrogen-bond acceptors (Lipinski definition) is 3. The quantitative estimate of drug-likeness (QED) is 0.901. The molecule has 0 aliphatic heterocycles. The van der Waals surface area contributed by atoms with Crippen molar-refractivity contribution in [3.05, 3.63) is 29.3 Å². The van der Waals surface area contributed by atoms with Gasteiger partial charge in [0.2, 0.25) is 10.0 Å². The van der Waals surface area contributed by atoms with Gasteiger partial charge in [0.25, 0.3) is 0 Å². The maximum Gasteiger partial charge on any atom is 0.241 e. The van der Waals surface area contributed by atoms with Gasteiger partial charge in [-0.1, -0.05) is 13.8 Å². The summed E-state index contributed by atoms with van der Waals surface area (Å²) in [6.07, 6.45) is 0.786. The number of rotatable bonds is 5. The van der Waals surface area contributed by atoms with Crippen molar-refractivity contribution in [2.75, 3.05) is 0 Å². The van der Waals surface area contributed by atoms with Crippen LogP contribution in [0.1, 0.15) is 38.3 Å². The van der Waals surface area contributed by atoms with Gasteiger partial charge in [0.15, 0.2) is 0 Å². The Kier molecular flexibility index (Phi) is 5.10. The number of nitrogens with zero attached hydrogens (tertiary/aromatic N) is 1. The number of sulfonamides is 1. The van der Waals surface area contributed by atoms with Crippen molar-refractivity contribution in [1.82, 2.24) is 4.72 Å². The number of benzene rings is 1. The van der Waals surface area contributed by atoms with Crippen molar-refractivity contribution in [3.63, 3.8) is 0 Å². The Bertz CT molecular complexity index is 586. The van der Waals surface area contributed by atoms with E-state index >= 15 is 0 Å². The molecular formula is C14H20N2O2S. The normalized spacial score (nSPS) is 13.3. The van der Waals surface area contributed by atoms with Crippen LogP contribution in [0.2, 0.25) is 0 Å². The van der Waals surface area contributed by atoms with Gasteiger partial charge in [-0.2, -0.15) is 5.26 Å². The lowest BCUT2D eigenvalue weighted by Crippen LogP contribution is -2.33. The third kappa shape index (κ3) is 4.34. The lowest BCUT2D eigenvalue weighted by molar-refractivity contribution is 0.482. The Labute approximate surface area is 115 Å². The number of nitriles is 1. The fraction of sp³-hybridized carbons (Fsp3) is 0.500. The van der Waals surface area contributed by atoms with Gasteiger partial charge in [0.1, 0.15) is 0 Å². The Balaban J connectivity index is 2.98. The van der Waals surface area contributed by atoms with Crippen molar-refractivity contribution in [2.24, 2.45) is 5.92 Å². The zero-order chi connectivity index (χ0) is 14.6. The summed E-state index contributed by atoms with van der Waals surface area (Å²) in [7, 11) is -3.52. The zero-order valence-electron chi connectivity index (χ0n) is 11.8. The van der Waals surface area contributed by atoms with Gasteiger partial charge >= 0.3 is 0 Å². The van der Waals surface area contributed by atoms with E-state index in [2.05, 4.69) is 18.6 Å². The Morgan fingerprint density at radius 2 is 1.95 bits per heavy atom. The van der Waals surface area contributed by atoms with Crippen LogP contribution in [0, 0.1) is 24.2 Å². The average Bonchev–Trinajstić information content (AvgIpc) is 2.26. The molecule has 0 spiro atoms. The molecule has 0 radical (unpaired) electrons. The lowest BCUT2D eigenvalue weighted by Gasteiger charge is -2.17. The summed E-state index contributed by atoms with van der Waals surface area (Å²) < 4.78 is 27.2. The van der Waals surface area contributed by atoms with Gasteiger partial charge in [-0.3, -0.25) is 0 Å². The van der Waals surface area contributed by atoms with E-state index in [1.165, 1.54) is 12.1 Å². The van der Waals surface area contributed by atoms with Crippen LogP contribution >= 0.6 is 0 Å². The highest BCUT2D eigenvalue weighted by Crippen LogP contribution is 2.17. The van der Waals surface area contributed by atoms with Crippen LogP contribution in [0.15, 0.2) is 23.1 Å². The van der Waals surface area contributed by atoms with Crippen LogP contribution < -0.4 is 4.72 Å².